The van der Waals surface area contributed by atoms with Gasteiger partial charge in [-0.05, 0) is 147 Å². The van der Waals surface area contributed by atoms with Crippen molar-refractivity contribution in [3.05, 3.63) is 125 Å². The number of nitrogens with one attached hydrogen (secondary N) is 3. The SMILES string of the molecule is C#C.C#CC.C#C[CH2-].Cc1cc(N)c(OC(C)C)cc1C1CCNCC1.Cc1cc(Nc2ccccc2S(=O)(=O)C(C)C)c(Cl)cn1.Cc1cc(Nc2ccccc2SC(C)C)c(Cl)cn1. The van der Waals surface area contributed by atoms with Crippen molar-refractivity contribution in [2.75, 3.05) is 29.5 Å². The molecule has 2 aromatic heterocycles. The average Bonchev–Trinajstić information content (AvgIpc) is 3.27. The Hall–Kier alpha value is -5.45. The predicted octanol–water partition coefficient (Wildman–Crippen LogP) is 13.4. The Morgan fingerprint density at radius 3 is 1.77 bits per heavy atom. The Morgan fingerprint density at radius 2 is 1.29 bits per heavy atom. The highest BCUT2D eigenvalue weighted by Gasteiger charge is 2.23. The first-order valence-electron chi connectivity index (χ1n) is 21.4. The highest BCUT2D eigenvalue weighted by molar-refractivity contribution is 8.00. The first-order valence-corrected chi connectivity index (χ1v) is 24.5. The molecule has 1 aliphatic rings. The van der Waals surface area contributed by atoms with Crippen LogP contribution >= 0.6 is 35.0 Å². The van der Waals surface area contributed by atoms with Crippen molar-refractivity contribution in [2.45, 2.75) is 114 Å². The van der Waals surface area contributed by atoms with E-state index in [1.54, 1.807) is 63.5 Å². The van der Waals surface area contributed by atoms with E-state index in [0.29, 0.717) is 32.6 Å². The number of nitrogens with zero attached hydrogens (tertiary/aromatic N) is 2. The summed E-state index contributed by atoms with van der Waals surface area (Å²) in [6.07, 6.45) is 22.9. The summed E-state index contributed by atoms with van der Waals surface area (Å²) < 4.78 is 30.6. The van der Waals surface area contributed by atoms with Gasteiger partial charge in [0.05, 0.1) is 54.7 Å². The zero-order valence-corrected chi connectivity index (χ0v) is 43.2. The minimum Gasteiger partial charge on any atom is -0.489 e. The van der Waals surface area contributed by atoms with Crippen LogP contribution in [0, 0.1) is 65.2 Å². The molecule has 13 heteroatoms. The summed E-state index contributed by atoms with van der Waals surface area (Å²) in [4.78, 5) is 9.76. The van der Waals surface area contributed by atoms with Gasteiger partial charge in [0.2, 0.25) is 0 Å². The van der Waals surface area contributed by atoms with Gasteiger partial charge in [-0.3, -0.25) is 9.97 Å². The number of nitrogens with two attached hydrogens (primary N) is 1. The van der Waals surface area contributed by atoms with Gasteiger partial charge in [0.15, 0.2) is 9.84 Å². The number of pyridine rings is 2. The van der Waals surface area contributed by atoms with Crippen LogP contribution in [0.1, 0.15) is 89.7 Å². The molecule has 0 spiro atoms. The molecule has 5 aromatic rings. The molecule has 5 N–H and O–H groups in total. The lowest BCUT2D eigenvalue weighted by Gasteiger charge is -2.25. The number of terminal acetylenes is 3. The molecule has 3 heterocycles. The van der Waals surface area contributed by atoms with Crippen molar-refractivity contribution in [3.63, 3.8) is 0 Å². The normalized spacial score (nSPS) is 11.7. The zero-order valence-electron chi connectivity index (χ0n) is 40.0. The monoisotopic (exact) mass is 969 g/mol. The second-order valence-electron chi connectivity index (χ2n) is 15.5. The molecule has 0 aliphatic carbocycles. The van der Waals surface area contributed by atoms with Crippen LogP contribution in [0.15, 0.2) is 95.0 Å². The van der Waals surface area contributed by atoms with E-state index >= 15 is 0 Å². The number of rotatable bonds is 11. The van der Waals surface area contributed by atoms with Gasteiger partial charge in [0.25, 0.3) is 0 Å². The number of thioether (sulfide) groups is 1. The van der Waals surface area contributed by atoms with Gasteiger partial charge in [0.1, 0.15) is 5.75 Å². The molecule has 354 valence electrons. The molecule has 0 unspecified atom stereocenters. The number of sulfone groups is 1. The third-order valence-electron chi connectivity index (χ3n) is 9.13. The summed E-state index contributed by atoms with van der Waals surface area (Å²) >= 11 is 14.1. The Bertz CT molecular complexity index is 2460. The van der Waals surface area contributed by atoms with Crippen molar-refractivity contribution < 1.29 is 13.2 Å². The second-order valence-corrected chi connectivity index (χ2v) is 20.4. The number of anilines is 5. The zero-order chi connectivity index (χ0) is 50.0. The maximum absolute atomic E-state index is 12.4. The standard InChI is InChI=1S/C15H17ClN2O2S.C15H17ClN2S.C15H24N2O.C3H4.C3H3.C2H2/c1-10(2)21(19,20)15-7-5-4-6-13(15)18-14-8-11(3)17-9-12(14)16;1-10(2)19-15-7-5-4-6-13(15)18-14-8-11(3)17-9-12(14)16;1-10(2)18-15-9-13(11(3)8-14(15)16)12-4-6-17-7-5-12;2*1-3-2;1-2/h4-10H,1-3H3,(H,17,18);4-10H,1-3H3,(H,17,18);8-10,12,17H,4-7,16H2,1-3H3;1H,2H3;1H,2H2;1-2H/q;;;;-1;. The number of aryl methyl sites for hydroxylation is 3. The summed E-state index contributed by atoms with van der Waals surface area (Å²) in [5.41, 5.74) is 14.3. The van der Waals surface area contributed by atoms with Crippen LogP contribution in [0.4, 0.5) is 28.4 Å². The Balaban J connectivity index is 0.000000458. The summed E-state index contributed by atoms with van der Waals surface area (Å²) in [5.74, 6) is 5.73. The predicted molar refractivity (Wildman–Crippen MR) is 286 cm³/mol. The molecule has 9 nitrogen and oxygen atoms in total. The van der Waals surface area contributed by atoms with Crippen LogP contribution in [0.3, 0.4) is 0 Å². The van der Waals surface area contributed by atoms with Gasteiger partial charge in [-0.15, -0.1) is 37.0 Å². The fourth-order valence-corrected chi connectivity index (χ4v) is 8.64. The minimum atomic E-state index is -3.37. The molecule has 0 saturated carbocycles. The molecule has 6 rings (SSSR count). The van der Waals surface area contributed by atoms with Crippen molar-refractivity contribution in [1.29, 1.82) is 0 Å². The Labute approximate surface area is 411 Å². The number of para-hydroxylation sites is 2. The fraction of sp³-hybridized carbons (Fsp3) is 0.340. The first-order chi connectivity index (χ1) is 31.3. The first kappa shape index (κ1) is 58.6. The lowest BCUT2D eigenvalue weighted by Crippen LogP contribution is -2.27. The lowest BCUT2D eigenvalue weighted by atomic mass is 9.87. The maximum atomic E-state index is 12.4. The van der Waals surface area contributed by atoms with Crippen molar-refractivity contribution >= 4 is 73.2 Å². The fourth-order valence-electron chi connectivity index (χ4n) is 6.22. The van der Waals surface area contributed by atoms with E-state index in [-0.39, 0.29) is 11.0 Å². The Kier molecular flexibility index (Phi) is 27.2. The lowest BCUT2D eigenvalue weighted by molar-refractivity contribution is 0.243. The molecule has 3 aromatic carbocycles. The quantitative estimate of drug-likeness (QED) is 0.0439. The summed E-state index contributed by atoms with van der Waals surface area (Å²) in [7, 11) is -3.37. The number of benzene rings is 3. The van der Waals surface area contributed by atoms with E-state index < -0.39 is 15.1 Å². The summed E-state index contributed by atoms with van der Waals surface area (Å²) in [6.45, 7) is 24.6. The van der Waals surface area contributed by atoms with Gasteiger partial charge in [0, 0.05) is 33.9 Å². The van der Waals surface area contributed by atoms with Crippen LogP contribution in [-0.4, -0.2) is 48.1 Å². The smallest absolute Gasteiger partial charge is 0.182 e. The number of piperidine rings is 1. The number of hydrogen-bond acceptors (Lipinski definition) is 10. The highest BCUT2D eigenvalue weighted by Crippen LogP contribution is 2.36. The van der Waals surface area contributed by atoms with Gasteiger partial charge in [-0.2, -0.15) is 6.92 Å². The maximum Gasteiger partial charge on any atom is 0.182 e. The second kappa shape index (κ2) is 30.7. The topological polar surface area (TPSA) is 131 Å². The summed E-state index contributed by atoms with van der Waals surface area (Å²) in [5, 5.41) is 11.0. The van der Waals surface area contributed by atoms with E-state index in [1.807, 2.05) is 57.5 Å². The van der Waals surface area contributed by atoms with Gasteiger partial charge in [-0.1, -0.05) is 61.3 Å². The van der Waals surface area contributed by atoms with E-state index in [4.69, 9.17) is 33.7 Å². The van der Waals surface area contributed by atoms with Crippen LogP contribution in [-0.2, 0) is 9.84 Å². The average molecular weight is 971 g/mol. The molecule has 0 atom stereocenters. The molecule has 0 amide bonds. The van der Waals surface area contributed by atoms with Crippen LogP contribution in [0.25, 0.3) is 0 Å². The number of ether oxygens (including phenoxy) is 1. The van der Waals surface area contributed by atoms with Crippen molar-refractivity contribution in [3.8, 4) is 43.3 Å². The van der Waals surface area contributed by atoms with Gasteiger partial charge in [-0.25, -0.2) is 8.42 Å². The minimum absolute atomic E-state index is 0.163. The molecular formula is C53H67Cl2N6O3S2-. The highest BCUT2D eigenvalue weighted by atomic mass is 35.5. The molecule has 1 aliphatic heterocycles. The van der Waals surface area contributed by atoms with E-state index in [0.717, 1.165) is 47.3 Å². The van der Waals surface area contributed by atoms with Gasteiger partial charge >= 0.3 is 0 Å². The summed E-state index contributed by atoms with van der Waals surface area (Å²) in [6, 6.07) is 23.0. The molecule has 1 saturated heterocycles. The van der Waals surface area contributed by atoms with E-state index in [1.165, 1.54) is 28.9 Å². The van der Waals surface area contributed by atoms with E-state index in [2.05, 4.69) is 116 Å². The van der Waals surface area contributed by atoms with Crippen molar-refractivity contribution in [1.82, 2.24) is 15.3 Å². The third-order valence-corrected chi connectivity index (χ3v) is 13.0. The molecule has 0 bridgehead atoms. The third kappa shape index (κ3) is 20.0. The largest absolute Gasteiger partial charge is 0.489 e. The number of nitrogen functional groups attached to an aromatic ring is 1. The molecule has 0 radical (unpaired) electrons. The Morgan fingerprint density at radius 1 is 0.818 bits per heavy atom. The molecule has 66 heavy (non-hydrogen) atoms. The molecular weight excluding hydrogens is 904 g/mol. The van der Waals surface area contributed by atoms with E-state index in [9.17, 15) is 8.42 Å². The number of halogens is 2. The van der Waals surface area contributed by atoms with Crippen LogP contribution in [0.5, 0.6) is 5.75 Å². The van der Waals surface area contributed by atoms with Crippen LogP contribution < -0.4 is 26.4 Å². The molecule has 1 fully saturated rings. The number of aromatic nitrogens is 2. The van der Waals surface area contributed by atoms with Gasteiger partial charge < -0.3 is 38.8 Å². The van der Waals surface area contributed by atoms with Crippen LogP contribution in [0.2, 0.25) is 10.0 Å². The number of hydrogen-bond donors (Lipinski definition) is 4. The van der Waals surface area contributed by atoms with Crippen molar-refractivity contribution in [2.24, 2.45) is 0 Å².